The normalized spacial score (nSPS) is 9.65. The first-order chi connectivity index (χ1) is 7.54. The Morgan fingerprint density at radius 2 is 1.82 bits per heavy atom. The third-order valence-corrected chi connectivity index (χ3v) is 2.59. The summed E-state index contributed by atoms with van der Waals surface area (Å²) in [4.78, 5) is 13.6. The first-order valence-corrected chi connectivity index (χ1v) is 5.66. The highest BCUT2D eigenvalue weighted by atomic mass is 35.5. The lowest BCUT2D eigenvalue weighted by molar-refractivity contribution is 0.0797. The second-order valence-corrected chi connectivity index (χ2v) is 4.36. The lowest BCUT2D eigenvalue weighted by Crippen LogP contribution is -2.32. The molecule has 1 rings (SSSR count). The van der Waals surface area contributed by atoms with Crippen molar-refractivity contribution in [1.82, 2.24) is 10.2 Å². The van der Waals surface area contributed by atoms with Crippen LogP contribution in [0.5, 0.6) is 0 Å². The largest absolute Gasteiger partial charge is 0.340 e. The van der Waals surface area contributed by atoms with Gasteiger partial charge in [-0.2, -0.15) is 0 Å². The zero-order valence-electron chi connectivity index (χ0n) is 9.67. The van der Waals surface area contributed by atoms with E-state index in [0.717, 1.165) is 6.54 Å². The summed E-state index contributed by atoms with van der Waals surface area (Å²) >= 11 is 11.7. The number of rotatable bonds is 4. The van der Waals surface area contributed by atoms with Crippen molar-refractivity contribution in [2.45, 2.75) is 0 Å². The smallest absolute Gasteiger partial charge is 0.253 e. The van der Waals surface area contributed by atoms with Gasteiger partial charge in [-0.3, -0.25) is 4.79 Å². The summed E-state index contributed by atoms with van der Waals surface area (Å²) in [6.07, 6.45) is 0. The van der Waals surface area contributed by atoms with Crippen LogP contribution in [0.2, 0.25) is 10.0 Å². The van der Waals surface area contributed by atoms with E-state index in [0.29, 0.717) is 22.2 Å². The number of carbonyl (C=O) groups is 1. The molecule has 0 aromatic heterocycles. The van der Waals surface area contributed by atoms with E-state index >= 15 is 0 Å². The standard InChI is InChI=1S/C11H14Cl2N2O.ClH/c1-14-3-4-15(2)11(16)8-5-9(12)7-10(13)6-8;/h5-7,14H,3-4H2,1-2H3;1H. The molecule has 0 unspecified atom stereocenters. The number of carbonyl (C=O) groups excluding carboxylic acids is 1. The van der Waals surface area contributed by atoms with E-state index in [9.17, 15) is 4.79 Å². The minimum Gasteiger partial charge on any atom is -0.340 e. The SMILES string of the molecule is CNCCN(C)C(=O)c1cc(Cl)cc(Cl)c1.Cl. The molecule has 3 nitrogen and oxygen atoms in total. The fourth-order valence-corrected chi connectivity index (χ4v) is 1.80. The van der Waals surface area contributed by atoms with E-state index in [1.54, 1.807) is 30.1 Å². The zero-order chi connectivity index (χ0) is 12.1. The molecule has 6 heteroatoms. The van der Waals surface area contributed by atoms with Gasteiger partial charge in [0.1, 0.15) is 0 Å². The van der Waals surface area contributed by atoms with Gasteiger partial charge in [-0.1, -0.05) is 23.2 Å². The topological polar surface area (TPSA) is 32.3 Å². The van der Waals surface area contributed by atoms with E-state index in [-0.39, 0.29) is 18.3 Å². The van der Waals surface area contributed by atoms with Crippen LogP contribution in [0.4, 0.5) is 0 Å². The second-order valence-electron chi connectivity index (χ2n) is 3.49. The highest BCUT2D eigenvalue weighted by Gasteiger charge is 2.12. The molecule has 1 aromatic carbocycles. The Morgan fingerprint density at radius 1 is 1.29 bits per heavy atom. The van der Waals surface area contributed by atoms with E-state index in [2.05, 4.69) is 5.32 Å². The van der Waals surface area contributed by atoms with Gasteiger partial charge in [-0.25, -0.2) is 0 Å². The number of halogens is 3. The average Bonchev–Trinajstić information content (AvgIpc) is 2.23. The van der Waals surface area contributed by atoms with Crippen molar-refractivity contribution in [3.8, 4) is 0 Å². The number of likely N-dealkylation sites (N-methyl/N-ethyl adjacent to an activating group) is 2. The van der Waals surface area contributed by atoms with Crippen LogP contribution in [0, 0.1) is 0 Å². The Morgan fingerprint density at radius 3 is 2.29 bits per heavy atom. The van der Waals surface area contributed by atoms with Crippen molar-refractivity contribution in [3.63, 3.8) is 0 Å². The Hall–Kier alpha value is -0.480. The van der Waals surface area contributed by atoms with E-state index < -0.39 is 0 Å². The van der Waals surface area contributed by atoms with Gasteiger partial charge in [0.15, 0.2) is 0 Å². The van der Waals surface area contributed by atoms with Crippen LogP contribution in [0.15, 0.2) is 18.2 Å². The summed E-state index contributed by atoms with van der Waals surface area (Å²) < 4.78 is 0. The maximum Gasteiger partial charge on any atom is 0.253 e. The molecule has 0 aliphatic heterocycles. The molecule has 0 aliphatic carbocycles. The van der Waals surface area contributed by atoms with Crippen molar-refractivity contribution >= 4 is 41.5 Å². The third-order valence-electron chi connectivity index (χ3n) is 2.15. The van der Waals surface area contributed by atoms with Gasteiger partial charge in [0.2, 0.25) is 0 Å². The molecule has 0 radical (unpaired) electrons. The van der Waals surface area contributed by atoms with E-state index in [4.69, 9.17) is 23.2 Å². The van der Waals surface area contributed by atoms with Crippen molar-refractivity contribution in [2.75, 3.05) is 27.2 Å². The summed E-state index contributed by atoms with van der Waals surface area (Å²) in [5.41, 5.74) is 0.510. The van der Waals surface area contributed by atoms with Crippen LogP contribution in [-0.4, -0.2) is 38.0 Å². The summed E-state index contributed by atoms with van der Waals surface area (Å²) in [6.45, 7) is 1.38. The molecule has 1 amide bonds. The first-order valence-electron chi connectivity index (χ1n) is 4.90. The molecule has 0 atom stereocenters. The number of benzene rings is 1. The van der Waals surface area contributed by atoms with Crippen LogP contribution in [-0.2, 0) is 0 Å². The van der Waals surface area contributed by atoms with Crippen molar-refractivity contribution in [1.29, 1.82) is 0 Å². The molecular formula is C11H15Cl3N2O. The number of nitrogens with zero attached hydrogens (tertiary/aromatic N) is 1. The van der Waals surface area contributed by atoms with Gasteiger partial charge < -0.3 is 10.2 Å². The molecular weight excluding hydrogens is 282 g/mol. The Kier molecular flexibility index (Phi) is 7.55. The molecule has 0 spiro atoms. The molecule has 96 valence electrons. The van der Waals surface area contributed by atoms with Crippen molar-refractivity contribution < 1.29 is 4.79 Å². The number of hydrogen-bond donors (Lipinski definition) is 1. The molecule has 1 N–H and O–H groups in total. The first kappa shape index (κ1) is 16.5. The van der Waals surface area contributed by atoms with Crippen LogP contribution in [0.3, 0.4) is 0 Å². The molecule has 0 saturated heterocycles. The second kappa shape index (κ2) is 7.77. The maximum absolute atomic E-state index is 11.9. The Bertz CT molecular complexity index is 365. The zero-order valence-corrected chi connectivity index (χ0v) is 12.0. The highest BCUT2D eigenvalue weighted by molar-refractivity contribution is 6.35. The molecule has 0 fully saturated rings. The molecule has 0 saturated carbocycles. The van der Waals surface area contributed by atoms with Gasteiger partial charge in [0.25, 0.3) is 5.91 Å². The number of hydrogen-bond acceptors (Lipinski definition) is 2. The van der Waals surface area contributed by atoms with Crippen LogP contribution in [0.1, 0.15) is 10.4 Å². The minimum absolute atomic E-state index is 0. The minimum atomic E-state index is -0.0837. The molecule has 17 heavy (non-hydrogen) atoms. The van der Waals surface area contributed by atoms with Gasteiger partial charge >= 0.3 is 0 Å². The molecule has 1 aromatic rings. The third kappa shape index (κ3) is 5.13. The van der Waals surface area contributed by atoms with Crippen LogP contribution in [0.25, 0.3) is 0 Å². The summed E-state index contributed by atoms with van der Waals surface area (Å²) in [5, 5.41) is 3.92. The van der Waals surface area contributed by atoms with Crippen LogP contribution >= 0.6 is 35.6 Å². The fraction of sp³-hybridized carbons (Fsp3) is 0.364. The predicted molar refractivity (Wildman–Crippen MR) is 74.6 cm³/mol. The van der Waals surface area contributed by atoms with Gasteiger partial charge in [-0.15, -0.1) is 12.4 Å². The van der Waals surface area contributed by atoms with Gasteiger partial charge in [0, 0.05) is 35.7 Å². The molecule has 0 bridgehead atoms. The predicted octanol–water partition coefficient (Wildman–Crippen LogP) is 2.71. The lowest BCUT2D eigenvalue weighted by atomic mass is 10.2. The van der Waals surface area contributed by atoms with E-state index in [1.165, 1.54) is 0 Å². The number of amides is 1. The quantitative estimate of drug-likeness (QED) is 0.927. The fourth-order valence-electron chi connectivity index (χ4n) is 1.28. The Labute approximate surface area is 117 Å². The summed E-state index contributed by atoms with van der Waals surface area (Å²) in [7, 11) is 3.59. The summed E-state index contributed by atoms with van der Waals surface area (Å²) in [6, 6.07) is 4.84. The lowest BCUT2D eigenvalue weighted by Gasteiger charge is -2.17. The van der Waals surface area contributed by atoms with Crippen molar-refractivity contribution in [3.05, 3.63) is 33.8 Å². The highest BCUT2D eigenvalue weighted by Crippen LogP contribution is 2.19. The van der Waals surface area contributed by atoms with Crippen molar-refractivity contribution in [2.24, 2.45) is 0 Å². The average molecular weight is 298 g/mol. The monoisotopic (exact) mass is 296 g/mol. The molecule has 0 heterocycles. The van der Waals surface area contributed by atoms with Gasteiger partial charge in [0.05, 0.1) is 0 Å². The Balaban J connectivity index is 0.00000256. The number of nitrogens with one attached hydrogen (secondary N) is 1. The summed E-state index contributed by atoms with van der Waals surface area (Å²) in [5.74, 6) is -0.0837. The van der Waals surface area contributed by atoms with Gasteiger partial charge in [-0.05, 0) is 25.2 Å². The van der Waals surface area contributed by atoms with Crippen LogP contribution < -0.4 is 5.32 Å². The van der Waals surface area contributed by atoms with E-state index in [1.807, 2.05) is 7.05 Å². The maximum atomic E-state index is 11.9. The molecule has 0 aliphatic rings.